The molecule has 1 rings (SSSR count). The van der Waals surface area contributed by atoms with E-state index < -0.39 is 11.9 Å². The summed E-state index contributed by atoms with van der Waals surface area (Å²) >= 11 is 0. The fraction of sp³-hybridized carbons (Fsp3) is 0.800. The molecule has 82 valence electrons. The Labute approximate surface area is 84.1 Å². The lowest BCUT2D eigenvalue weighted by molar-refractivity contribution is -0.147. The topological polar surface area (TPSA) is 58.9 Å². The molecule has 4 heteroatoms. The summed E-state index contributed by atoms with van der Waals surface area (Å²) in [4.78, 5) is 0. The molecular formula is C10H18O4. The van der Waals surface area contributed by atoms with Crippen LogP contribution in [-0.2, 0) is 9.47 Å². The molecule has 0 aliphatic carbocycles. The minimum Gasteiger partial charge on any atom is -0.394 e. The molecule has 0 saturated carbocycles. The summed E-state index contributed by atoms with van der Waals surface area (Å²) in [5.74, 6) is -0.900. The van der Waals surface area contributed by atoms with Crippen LogP contribution in [-0.4, -0.2) is 41.4 Å². The second kappa shape index (κ2) is 4.40. The lowest BCUT2D eigenvalue weighted by Gasteiger charge is -2.24. The molecule has 0 aromatic rings. The van der Waals surface area contributed by atoms with Crippen molar-refractivity contribution in [1.29, 1.82) is 0 Å². The summed E-state index contributed by atoms with van der Waals surface area (Å²) in [5, 5.41) is 18.3. The molecule has 14 heavy (non-hydrogen) atoms. The zero-order valence-corrected chi connectivity index (χ0v) is 8.64. The van der Waals surface area contributed by atoms with Gasteiger partial charge in [-0.25, -0.2) is 0 Å². The maximum absolute atomic E-state index is 9.49. The third kappa shape index (κ3) is 2.54. The van der Waals surface area contributed by atoms with Gasteiger partial charge in [0, 0.05) is 5.92 Å². The first-order valence-corrected chi connectivity index (χ1v) is 4.73. The Balaban J connectivity index is 2.59. The van der Waals surface area contributed by atoms with Crippen LogP contribution in [0.1, 0.15) is 13.8 Å². The van der Waals surface area contributed by atoms with Crippen LogP contribution >= 0.6 is 0 Å². The Kier molecular flexibility index (Phi) is 3.66. The maximum atomic E-state index is 9.49. The Bertz CT molecular complexity index is 202. The lowest BCUT2D eigenvalue weighted by atomic mass is 9.97. The van der Waals surface area contributed by atoms with E-state index in [0.29, 0.717) is 6.61 Å². The van der Waals surface area contributed by atoms with Crippen LogP contribution < -0.4 is 0 Å². The van der Waals surface area contributed by atoms with Crippen molar-refractivity contribution in [2.24, 2.45) is 5.92 Å². The van der Waals surface area contributed by atoms with Crippen molar-refractivity contribution in [1.82, 2.24) is 0 Å². The minimum atomic E-state index is -0.838. The van der Waals surface area contributed by atoms with Crippen LogP contribution in [0, 0.1) is 5.92 Å². The predicted octanol–water partition coefficient (Wildman–Crippen LogP) is 0.293. The average molecular weight is 202 g/mol. The van der Waals surface area contributed by atoms with Gasteiger partial charge in [-0.3, -0.25) is 0 Å². The van der Waals surface area contributed by atoms with Crippen molar-refractivity contribution >= 4 is 0 Å². The predicted molar refractivity (Wildman–Crippen MR) is 51.7 cm³/mol. The van der Waals surface area contributed by atoms with E-state index in [1.807, 2.05) is 13.8 Å². The molecule has 1 fully saturated rings. The average Bonchev–Trinajstić information content (AvgIpc) is 2.47. The number of aliphatic hydroxyl groups excluding tert-OH is 2. The van der Waals surface area contributed by atoms with Gasteiger partial charge in [-0.15, -0.1) is 6.58 Å². The van der Waals surface area contributed by atoms with E-state index in [9.17, 15) is 5.11 Å². The molecule has 0 radical (unpaired) electrons. The molecule has 1 heterocycles. The van der Waals surface area contributed by atoms with E-state index in [4.69, 9.17) is 14.6 Å². The molecule has 2 N–H and O–H groups in total. The highest BCUT2D eigenvalue weighted by Gasteiger charge is 2.38. The van der Waals surface area contributed by atoms with Gasteiger partial charge in [0.2, 0.25) is 0 Å². The Morgan fingerprint density at radius 2 is 2.29 bits per heavy atom. The summed E-state index contributed by atoms with van der Waals surface area (Å²) in [6.45, 7) is 7.37. The first kappa shape index (κ1) is 11.7. The van der Waals surface area contributed by atoms with Crippen LogP contribution in [0.5, 0.6) is 0 Å². The normalized spacial score (nSPS) is 29.9. The van der Waals surface area contributed by atoms with Gasteiger partial charge in [0.15, 0.2) is 5.79 Å². The highest BCUT2D eigenvalue weighted by atomic mass is 16.7. The summed E-state index contributed by atoms with van der Waals surface area (Å²) in [7, 11) is 0. The van der Waals surface area contributed by atoms with Crippen LogP contribution in [0.15, 0.2) is 12.7 Å². The van der Waals surface area contributed by atoms with Crippen LogP contribution in [0.4, 0.5) is 0 Å². The van der Waals surface area contributed by atoms with E-state index in [1.54, 1.807) is 6.08 Å². The van der Waals surface area contributed by atoms with Gasteiger partial charge in [0.05, 0.1) is 25.4 Å². The summed E-state index contributed by atoms with van der Waals surface area (Å²) in [6.07, 6.45) is 0.524. The van der Waals surface area contributed by atoms with E-state index in [0.717, 1.165) is 0 Å². The molecule has 0 amide bonds. The van der Waals surface area contributed by atoms with E-state index in [-0.39, 0.29) is 18.6 Å². The van der Waals surface area contributed by atoms with Gasteiger partial charge < -0.3 is 19.7 Å². The lowest BCUT2D eigenvalue weighted by Crippen LogP contribution is -2.35. The summed E-state index contributed by atoms with van der Waals surface area (Å²) in [6, 6.07) is 0. The Hall–Kier alpha value is -0.420. The fourth-order valence-electron chi connectivity index (χ4n) is 1.58. The maximum Gasteiger partial charge on any atom is 0.163 e. The van der Waals surface area contributed by atoms with Crippen molar-refractivity contribution in [3.63, 3.8) is 0 Å². The number of rotatable bonds is 4. The smallest absolute Gasteiger partial charge is 0.163 e. The molecule has 0 spiro atoms. The van der Waals surface area contributed by atoms with Crippen molar-refractivity contribution < 1.29 is 19.7 Å². The molecule has 3 atom stereocenters. The first-order valence-electron chi connectivity index (χ1n) is 4.73. The van der Waals surface area contributed by atoms with Crippen LogP contribution in [0.25, 0.3) is 0 Å². The molecule has 0 unspecified atom stereocenters. The van der Waals surface area contributed by atoms with Crippen LogP contribution in [0.2, 0.25) is 0 Å². The SMILES string of the molecule is C=C[C@H]([C@H](O)CO)[C@H]1COC(C)(C)O1. The number of hydrogen-bond donors (Lipinski definition) is 2. The highest BCUT2D eigenvalue weighted by molar-refractivity contribution is 4.93. The van der Waals surface area contributed by atoms with Gasteiger partial charge in [0.1, 0.15) is 0 Å². The molecule has 1 saturated heterocycles. The molecule has 1 aliphatic heterocycles. The van der Waals surface area contributed by atoms with Crippen molar-refractivity contribution in [2.75, 3.05) is 13.2 Å². The van der Waals surface area contributed by atoms with Gasteiger partial charge >= 0.3 is 0 Å². The van der Waals surface area contributed by atoms with Gasteiger partial charge in [-0.05, 0) is 13.8 Å². The minimum absolute atomic E-state index is 0.232. The summed E-state index contributed by atoms with van der Waals surface area (Å²) < 4.78 is 10.9. The zero-order chi connectivity index (χ0) is 10.8. The molecule has 0 aromatic heterocycles. The van der Waals surface area contributed by atoms with Crippen LogP contribution in [0.3, 0.4) is 0 Å². The quantitative estimate of drug-likeness (QED) is 0.643. The highest BCUT2D eigenvalue weighted by Crippen LogP contribution is 2.28. The van der Waals surface area contributed by atoms with Gasteiger partial charge in [-0.2, -0.15) is 0 Å². The standard InChI is InChI=1S/C10H18O4/c1-4-7(8(12)5-11)9-6-13-10(2,3)14-9/h4,7-9,11-12H,1,5-6H2,2-3H3/t7-,8-,9-/m1/s1. The fourth-order valence-corrected chi connectivity index (χ4v) is 1.58. The van der Waals surface area contributed by atoms with E-state index in [1.165, 1.54) is 0 Å². The second-order valence-electron chi connectivity index (χ2n) is 3.93. The second-order valence-corrected chi connectivity index (χ2v) is 3.93. The Morgan fingerprint density at radius 3 is 2.64 bits per heavy atom. The molecule has 1 aliphatic rings. The van der Waals surface area contributed by atoms with Crippen molar-refractivity contribution in [3.8, 4) is 0 Å². The molecule has 0 aromatic carbocycles. The molecule has 4 nitrogen and oxygen atoms in total. The number of ether oxygens (including phenoxy) is 2. The van der Waals surface area contributed by atoms with E-state index >= 15 is 0 Å². The number of hydrogen-bond acceptors (Lipinski definition) is 4. The summed E-state index contributed by atoms with van der Waals surface area (Å²) in [5.41, 5.74) is 0. The monoisotopic (exact) mass is 202 g/mol. The third-order valence-corrected chi connectivity index (χ3v) is 2.36. The first-order chi connectivity index (χ1) is 6.50. The van der Waals surface area contributed by atoms with E-state index in [2.05, 4.69) is 6.58 Å². The van der Waals surface area contributed by atoms with Crippen molar-refractivity contribution in [3.05, 3.63) is 12.7 Å². The third-order valence-electron chi connectivity index (χ3n) is 2.36. The molecule has 0 bridgehead atoms. The Morgan fingerprint density at radius 1 is 1.64 bits per heavy atom. The zero-order valence-electron chi connectivity index (χ0n) is 8.64. The molecular weight excluding hydrogens is 184 g/mol. The van der Waals surface area contributed by atoms with Gasteiger partial charge in [-0.1, -0.05) is 6.08 Å². The van der Waals surface area contributed by atoms with Gasteiger partial charge in [0.25, 0.3) is 0 Å². The number of aliphatic hydroxyl groups is 2. The largest absolute Gasteiger partial charge is 0.394 e. The van der Waals surface area contributed by atoms with Crippen molar-refractivity contribution in [2.45, 2.75) is 31.8 Å².